The lowest BCUT2D eigenvalue weighted by Crippen LogP contribution is -2.57. The molecule has 3 aromatic rings. The first-order valence-corrected chi connectivity index (χ1v) is 19.2. The van der Waals surface area contributed by atoms with Gasteiger partial charge in [-0.1, -0.05) is 67.4 Å². The summed E-state index contributed by atoms with van der Waals surface area (Å²) in [6.45, 7) is 10.1. The number of hydrogen-bond acceptors (Lipinski definition) is 9. The number of fused-ring (bicyclic) bond motifs is 1. The van der Waals surface area contributed by atoms with E-state index < -0.39 is 78.1 Å². The Bertz CT molecular complexity index is 1920. The third-order valence-electron chi connectivity index (χ3n) is 7.08. The molecule has 1 heterocycles. The monoisotopic (exact) mass is 734 g/mol. The molecule has 3 N–H and O–H groups in total. The summed E-state index contributed by atoms with van der Waals surface area (Å²) >= 11 is 5.98. The topological polar surface area (TPSA) is 178 Å². The van der Waals surface area contributed by atoms with Gasteiger partial charge in [-0.2, -0.15) is 4.72 Å². The minimum Gasteiger partial charge on any atom is -0.460 e. The van der Waals surface area contributed by atoms with Crippen molar-refractivity contribution in [2.75, 3.05) is 6.26 Å². The highest BCUT2D eigenvalue weighted by atomic mass is 35.5. The number of sulfone groups is 1. The summed E-state index contributed by atoms with van der Waals surface area (Å²) in [5.41, 5.74) is 1.06. The van der Waals surface area contributed by atoms with Crippen LogP contribution in [-0.2, 0) is 45.4 Å². The molecule has 49 heavy (non-hydrogen) atoms. The van der Waals surface area contributed by atoms with Crippen LogP contribution in [0.4, 0.5) is 0 Å². The first-order chi connectivity index (χ1) is 22.6. The first kappa shape index (κ1) is 39.6. The van der Waals surface area contributed by atoms with E-state index in [4.69, 9.17) is 16.3 Å². The Labute approximate surface area is 293 Å². The number of para-hydroxylation sites is 1. The molecule has 2 amide bonds. The molecule has 0 saturated carbocycles. The van der Waals surface area contributed by atoms with E-state index in [-0.39, 0.29) is 11.3 Å². The van der Waals surface area contributed by atoms with Crippen molar-refractivity contribution in [2.24, 2.45) is 5.92 Å². The number of aryl methyl sites for hydroxylation is 1. The zero-order valence-electron chi connectivity index (χ0n) is 28.5. The molecular weight excluding hydrogens is 692 g/mol. The fourth-order valence-corrected chi connectivity index (χ4v) is 6.41. The normalized spacial score (nSPS) is 14.6. The molecule has 0 spiro atoms. The molecule has 0 radical (unpaired) electrons. The molecule has 266 valence electrons. The summed E-state index contributed by atoms with van der Waals surface area (Å²) in [6.07, 6.45) is 1.28. The maximum atomic E-state index is 13.9. The minimum atomic E-state index is -4.21. The van der Waals surface area contributed by atoms with Crippen molar-refractivity contribution in [3.63, 3.8) is 0 Å². The third-order valence-corrected chi connectivity index (χ3v) is 10.4. The smallest absolute Gasteiger partial charge is 0.308 e. The van der Waals surface area contributed by atoms with Crippen LogP contribution in [0.25, 0.3) is 10.9 Å². The van der Waals surface area contributed by atoms with E-state index in [0.717, 1.165) is 23.3 Å². The van der Waals surface area contributed by atoms with Gasteiger partial charge in [-0.05, 0) is 64.0 Å². The fourth-order valence-electron chi connectivity index (χ4n) is 4.65. The van der Waals surface area contributed by atoms with Crippen molar-refractivity contribution < 1.29 is 36.0 Å². The van der Waals surface area contributed by atoms with E-state index in [9.17, 15) is 31.2 Å². The Balaban J connectivity index is 1.93. The Hall–Kier alpha value is -3.85. The number of halogens is 1. The second-order valence-electron chi connectivity index (χ2n) is 13.1. The molecular formula is C34H43ClN4O8S2. The molecule has 0 aliphatic carbocycles. The standard InChI is InChI=1S/C34H43ClN4O8S2/c1-21(2)31(33(42)37-25(19-29(35)48(7,43)44)20-30(40)47-34(4,5)6)38-32(41)28(39-49(45,46)26-16-12-22(3)13-17-26)18-24-15-14-23-10-8-9-11-27(23)36-24/h8-17,19,21,25,28,31,39H,18,20H2,1-7H3,(H,37,42)(H,38,41)/b29-19+/t25-,28?,31+/m1/s1. The highest BCUT2D eigenvalue weighted by Crippen LogP contribution is 2.18. The molecule has 2 aromatic carbocycles. The van der Waals surface area contributed by atoms with Gasteiger partial charge < -0.3 is 15.4 Å². The number of nitrogens with zero attached hydrogens (tertiary/aromatic N) is 1. The molecule has 0 bridgehead atoms. The van der Waals surface area contributed by atoms with Crippen molar-refractivity contribution in [1.29, 1.82) is 0 Å². The number of nitrogens with one attached hydrogen (secondary N) is 3. The van der Waals surface area contributed by atoms with Crippen LogP contribution < -0.4 is 15.4 Å². The van der Waals surface area contributed by atoms with Crippen LogP contribution in [-0.4, -0.2) is 69.6 Å². The number of sulfonamides is 1. The van der Waals surface area contributed by atoms with Gasteiger partial charge in [0.25, 0.3) is 0 Å². The lowest BCUT2D eigenvalue weighted by molar-refractivity contribution is -0.155. The number of benzene rings is 2. The van der Waals surface area contributed by atoms with E-state index in [0.29, 0.717) is 11.2 Å². The number of hydrogen-bond donors (Lipinski definition) is 3. The third kappa shape index (κ3) is 12.2. The first-order valence-electron chi connectivity index (χ1n) is 15.5. The largest absolute Gasteiger partial charge is 0.460 e. The van der Waals surface area contributed by atoms with Gasteiger partial charge in [0.1, 0.15) is 22.0 Å². The molecule has 0 aliphatic rings. The van der Waals surface area contributed by atoms with Crippen LogP contribution in [0.1, 0.15) is 52.3 Å². The molecule has 3 atom stereocenters. The van der Waals surface area contributed by atoms with Crippen LogP contribution in [0.15, 0.2) is 76.0 Å². The van der Waals surface area contributed by atoms with Gasteiger partial charge in [0.2, 0.25) is 21.8 Å². The average Bonchev–Trinajstić information content (AvgIpc) is 2.97. The number of carbonyl (C=O) groups excluding carboxylic acids is 3. The van der Waals surface area contributed by atoms with Crippen LogP contribution in [0.3, 0.4) is 0 Å². The lowest BCUT2D eigenvalue weighted by atomic mass is 10.0. The van der Waals surface area contributed by atoms with Crippen molar-refractivity contribution in [3.8, 4) is 0 Å². The Morgan fingerprint density at radius 2 is 1.55 bits per heavy atom. The van der Waals surface area contributed by atoms with Gasteiger partial charge >= 0.3 is 5.97 Å². The maximum absolute atomic E-state index is 13.9. The molecule has 1 unspecified atom stereocenters. The highest BCUT2D eigenvalue weighted by molar-refractivity contribution is 7.96. The number of pyridine rings is 1. The summed E-state index contributed by atoms with van der Waals surface area (Å²) in [7, 11) is -8.08. The molecule has 0 fully saturated rings. The molecule has 15 heteroatoms. The average molecular weight is 735 g/mol. The fraction of sp³-hybridized carbons (Fsp3) is 0.412. The van der Waals surface area contributed by atoms with Crippen molar-refractivity contribution in [1.82, 2.24) is 20.3 Å². The number of carbonyl (C=O) groups is 3. The van der Waals surface area contributed by atoms with Crippen molar-refractivity contribution in [2.45, 2.75) is 83.0 Å². The second-order valence-corrected chi connectivity index (χ2v) is 17.4. The van der Waals surface area contributed by atoms with Gasteiger partial charge in [-0.15, -0.1) is 0 Å². The van der Waals surface area contributed by atoms with E-state index >= 15 is 0 Å². The van der Waals surface area contributed by atoms with Crippen molar-refractivity contribution in [3.05, 3.63) is 82.4 Å². The van der Waals surface area contributed by atoms with Gasteiger partial charge in [0, 0.05) is 23.8 Å². The zero-order chi connectivity index (χ0) is 36.7. The number of aromatic nitrogens is 1. The van der Waals surface area contributed by atoms with E-state index in [1.54, 1.807) is 58.9 Å². The van der Waals surface area contributed by atoms with Crippen LogP contribution in [0, 0.1) is 12.8 Å². The van der Waals surface area contributed by atoms with Gasteiger partial charge in [0.15, 0.2) is 9.84 Å². The predicted octanol–water partition coefficient (Wildman–Crippen LogP) is 3.92. The van der Waals surface area contributed by atoms with Gasteiger partial charge in [-0.25, -0.2) is 16.8 Å². The van der Waals surface area contributed by atoms with E-state index in [2.05, 4.69) is 20.3 Å². The predicted molar refractivity (Wildman–Crippen MR) is 189 cm³/mol. The lowest BCUT2D eigenvalue weighted by Gasteiger charge is -2.27. The SMILES string of the molecule is Cc1ccc(S(=O)(=O)NC(Cc2ccc3ccccc3n2)C(=O)N[C@H](C(=O)N[C@H](/C=C(\Cl)S(C)(=O)=O)CC(=O)OC(C)(C)C)C(C)C)cc1. The number of ether oxygens (including phenoxy) is 1. The van der Waals surface area contributed by atoms with Gasteiger partial charge in [-0.3, -0.25) is 19.4 Å². The molecule has 1 aromatic heterocycles. The van der Waals surface area contributed by atoms with Crippen LogP contribution >= 0.6 is 11.6 Å². The Kier molecular flexibility index (Phi) is 13.1. The Morgan fingerprint density at radius 1 is 0.918 bits per heavy atom. The Morgan fingerprint density at radius 3 is 2.14 bits per heavy atom. The summed E-state index contributed by atoms with van der Waals surface area (Å²) in [5, 5.41) is 6.08. The second kappa shape index (κ2) is 16.2. The summed E-state index contributed by atoms with van der Waals surface area (Å²) < 4.78 is 58.2. The van der Waals surface area contributed by atoms with Gasteiger partial charge in [0.05, 0.1) is 22.9 Å². The summed E-state index contributed by atoms with van der Waals surface area (Å²) in [6, 6.07) is 13.1. The number of esters is 1. The van der Waals surface area contributed by atoms with E-state index in [1.165, 1.54) is 12.1 Å². The molecule has 12 nitrogen and oxygen atoms in total. The summed E-state index contributed by atoms with van der Waals surface area (Å²) in [4.78, 5) is 44.7. The van der Waals surface area contributed by atoms with Crippen molar-refractivity contribution >= 4 is 60.1 Å². The quantitative estimate of drug-likeness (QED) is 0.207. The molecule has 0 saturated heterocycles. The summed E-state index contributed by atoms with van der Waals surface area (Å²) in [5.74, 6) is -2.85. The minimum absolute atomic E-state index is 0.0555. The van der Waals surface area contributed by atoms with Crippen LogP contribution in [0.2, 0.25) is 0 Å². The molecule has 3 rings (SSSR count). The molecule has 0 aliphatic heterocycles. The zero-order valence-corrected chi connectivity index (χ0v) is 30.9. The highest BCUT2D eigenvalue weighted by Gasteiger charge is 2.33. The maximum Gasteiger partial charge on any atom is 0.308 e. The number of rotatable bonds is 14. The van der Waals surface area contributed by atoms with E-state index in [1.807, 2.05) is 31.2 Å². The van der Waals surface area contributed by atoms with Crippen LogP contribution in [0.5, 0.6) is 0 Å². The number of amides is 2.